The maximum absolute atomic E-state index is 12.3. The summed E-state index contributed by atoms with van der Waals surface area (Å²) in [5.41, 5.74) is 0.918. The normalized spacial score (nSPS) is 14.7. The van der Waals surface area contributed by atoms with Crippen molar-refractivity contribution in [3.63, 3.8) is 0 Å². The molecule has 0 heterocycles. The fourth-order valence-electron chi connectivity index (χ4n) is 1.63. The lowest BCUT2D eigenvalue weighted by Crippen LogP contribution is -2.43. The van der Waals surface area contributed by atoms with E-state index in [9.17, 15) is 9.00 Å². The molecule has 2 unspecified atom stereocenters. The highest BCUT2D eigenvalue weighted by atomic mass is 32.2. The molecule has 4 nitrogen and oxygen atoms in total. The first kappa shape index (κ1) is 16.9. The highest BCUT2D eigenvalue weighted by Crippen LogP contribution is 2.23. The van der Waals surface area contributed by atoms with E-state index in [1.54, 1.807) is 0 Å². The van der Waals surface area contributed by atoms with Gasteiger partial charge in [0.1, 0.15) is 11.0 Å². The predicted molar refractivity (Wildman–Crippen MR) is 80.6 cm³/mol. The Morgan fingerprint density at radius 3 is 2.30 bits per heavy atom. The van der Waals surface area contributed by atoms with Gasteiger partial charge in [0.2, 0.25) is 0 Å². The number of carbonyl (C=O) groups is 1. The molecule has 0 aliphatic rings. The summed E-state index contributed by atoms with van der Waals surface area (Å²) in [5, 5.41) is 0. The summed E-state index contributed by atoms with van der Waals surface area (Å²) < 4.78 is 20.1. The Morgan fingerprint density at radius 2 is 1.85 bits per heavy atom. The van der Waals surface area contributed by atoms with Crippen LogP contribution in [0.1, 0.15) is 32.8 Å². The number of nitrogens with one attached hydrogen (secondary N) is 1. The maximum atomic E-state index is 12.3. The van der Waals surface area contributed by atoms with Crippen molar-refractivity contribution in [2.75, 3.05) is 7.11 Å². The van der Waals surface area contributed by atoms with Gasteiger partial charge in [0, 0.05) is 6.04 Å². The predicted octanol–water partition coefficient (Wildman–Crippen LogP) is 2.59. The van der Waals surface area contributed by atoms with Crippen LogP contribution in [-0.4, -0.2) is 23.3 Å². The highest BCUT2D eigenvalue weighted by molar-refractivity contribution is 7.83. The quantitative estimate of drug-likeness (QED) is 0.850. The molecule has 5 heteroatoms. The first-order valence-electron chi connectivity index (χ1n) is 6.55. The van der Waals surface area contributed by atoms with Crippen LogP contribution in [0, 0.1) is 12.3 Å². The second kappa shape index (κ2) is 6.99. The Morgan fingerprint density at radius 1 is 1.30 bits per heavy atom. The van der Waals surface area contributed by atoms with Crippen LogP contribution in [0.5, 0.6) is 0 Å². The molecule has 0 saturated carbocycles. The zero-order valence-electron chi connectivity index (χ0n) is 12.7. The van der Waals surface area contributed by atoms with Crippen LogP contribution in [0.3, 0.4) is 0 Å². The second-order valence-corrected chi connectivity index (χ2v) is 7.14. The van der Waals surface area contributed by atoms with E-state index in [0.29, 0.717) is 4.90 Å². The van der Waals surface area contributed by atoms with Gasteiger partial charge in [0.25, 0.3) is 0 Å². The minimum Gasteiger partial charge on any atom is -0.469 e. The van der Waals surface area contributed by atoms with E-state index in [1.165, 1.54) is 7.11 Å². The number of methoxy groups -OCH3 is 1. The van der Waals surface area contributed by atoms with Gasteiger partial charge in [-0.2, -0.15) is 0 Å². The van der Waals surface area contributed by atoms with Gasteiger partial charge in [-0.05, 0) is 24.5 Å². The molecule has 0 fully saturated rings. The average Bonchev–Trinajstić information content (AvgIpc) is 2.37. The fraction of sp³-hybridized carbons (Fsp3) is 0.533. The molecule has 2 atom stereocenters. The highest BCUT2D eigenvalue weighted by Gasteiger charge is 2.29. The van der Waals surface area contributed by atoms with Gasteiger partial charge >= 0.3 is 5.97 Å². The van der Waals surface area contributed by atoms with Crippen LogP contribution in [0.25, 0.3) is 0 Å². The Hall–Kier alpha value is -1.20. The molecular formula is C15H23NO3S. The van der Waals surface area contributed by atoms with Crippen molar-refractivity contribution >= 4 is 17.0 Å². The standard InChI is InChI=1S/C15H23NO3S/c1-11-6-8-12(9-7-11)20(18)16-13(15(2,3)4)10-14(17)19-5/h6-9,13,16H,10H2,1-5H3. The number of hydrogen-bond donors (Lipinski definition) is 1. The van der Waals surface area contributed by atoms with Crippen molar-refractivity contribution in [2.24, 2.45) is 5.41 Å². The van der Waals surface area contributed by atoms with Crippen molar-refractivity contribution in [2.45, 2.75) is 45.1 Å². The summed E-state index contributed by atoms with van der Waals surface area (Å²) in [6, 6.07) is 7.27. The molecule has 1 N–H and O–H groups in total. The van der Waals surface area contributed by atoms with E-state index < -0.39 is 11.0 Å². The van der Waals surface area contributed by atoms with Crippen LogP contribution < -0.4 is 4.72 Å². The van der Waals surface area contributed by atoms with E-state index in [2.05, 4.69) is 4.72 Å². The lowest BCUT2D eigenvalue weighted by atomic mass is 9.85. The van der Waals surface area contributed by atoms with Crippen LogP contribution in [0.2, 0.25) is 0 Å². The summed E-state index contributed by atoms with van der Waals surface area (Å²) in [6.07, 6.45) is 0.192. The van der Waals surface area contributed by atoms with Gasteiger partial charge in [0.05, 0.1) is 18.4 Å². The Bertz CT molecular complexity index is 477. The molecule has 0 radical (unpaired) electrons. The molecule has 1 aromatic carbocycles. The maximum Gasteiger partial charge on any atom is 0.307 e. The van der Waals surface area contributed by atoms with E-state index >= 15 is 0 Å². The third kappa shape index (κ3) is 5.06. The molecule has 0 saturated heterocycles. The van der Waals surface area contributed by atoms with E-state index in [4.69, 9.17) is 4.74 Å². The molecule has 112 valence electrons. The van der Waals surface area contributed by atoms with Crippen molar-refractivity contribution < 1.29 is 13.7 Å². The van der Waals surface area contributed by atoms with Gasteiger partial charge in [-0.1, -0.05) is 38.5 Å². The zero-order chi connectivity index (χ0) is 15.3. The summed E-state index contributed by atoms with van der Waals surface area (Å²) in [6.45, 7) is 7.98. The number of rotatable bonds is 5. The molecule has 1 rings (SSSR count). The SMILES string of the molecule is COC(=O)CC(NS(=O)c1ccc(C)cc1)C(C)(C)C. The number of hydrogen-bond acceptors (Lipinski definition) is 3. The number of carbonyl (C=O) groups excluding carboxylic acids is 1. The number of aryl methyl sites for hydroxylation is 1. The monoisotopic (exact) mass is 297 g/mol. The number of ether oxygens (including phenoxy) is 1. The molecule has 0 aliphatic heterocycles. The fourth-order valence-corrected chi connectivity index (χ4v) is 2.85. The van der Waals surface area contributed by atoms with Crippen molar-refractivity contribution in [3.8, 4) is 0 Å². The first-order valence-corrected chi connectivity index (χ1v) is 7.70. The van der Waals surface area contributed by atoms with Crippen molar-refractivity contribution in [1.82, 2.24) is 4.72 Å². The van der Waals surface area contributed by atoms with E-state index in [0.717, 1.165) is 5.56 Å². The molecule has 0 spiro atoms. The number of esters is 1. The Balaban J connectivity index is 2.81. The van der Waals surface area contributed by atoms with Gasteiger partial charge in [0.15, 0.2) is 0 Å². The van der Waals surface area contributed by atoms with Crippen molar-refractivity contribution in [1.29, 1.82) is 0 Å². The minimum absolute atomic E-state index is 0.192. The topological polar surface area (TPSA) is 55.4 Å². The summed E-state index contributed by atoms with van der Waals surface area (Å²) >= 11 is 0. The zero-order valence-corrected chi connectivity index (χ0v) is 13.5. The molecule has 0 amide bonds. The Labute approximate surface area is 123 Å². The molecule has 0 aromatic heterocycles. The smallest absolute Gasteiger partial charge is 0.307 e. The summed E-state index contributed by atoms with van der Waals surface area (Å²) in [7, 11) is 0.0157. The lowest BCUT2D eigenvalue weighted by molar-refractivity contribution is -0.141. The van der Waals surface area contributed by atoms with Crippen LogP contribution in [0.4, 0.5) is 0 Å². The van der Waals surface area contributed by atoms with Gasteiger partial charge < -0.3 is 4.74 Å². The first-order chi connectivity index (χ1) is 9.24. The van der Waals surface area contributed by atoms with Gasteiger partial charge in [-0.15, -0.1) is 0 Å². The number of benzene rings is 1. The van der Waals surface area contributed by atoms with Crippen LogP contribution in [-0.2, 0) is 20.5 Å². The van der Waals surface area contributed by atoms with Crippen LogP contribution in [0.15, 0.2) is 29.2 Å². The minimum atomic E-state index is -1.34. The summed E-state index contributed by atoms with van der Waals surface area (Å²) in [4.78, 5) is 12.2. The average molecular weight is 297 g/mol. The second-order valence-electron chi connectivity index (χ2n) is 5.90. The summed E-state index contributed by atoms with van der Waals surface area (Å²) in [5.74, 6) is -0.307. The van der Waals surface area contributed by atoms with E-state index in [-0.39, 0.29) is 23.8 Å². The molecule has 1 aromatic rings. The molecule has 0 aliphatic carbocycles. The van der Waals surface area contributed by atoms with Gasteiger partial charge in [-0.25, -0.2) is 8.93 Å². The Kier molecular flexibility index (Phi) is 5.89. The lowest BCUT2D eigenvalue weighted by Gasteiger charge is -2.30. The third-order valence-corrected chi connectivity index (χ3v) is 4.33. The largest absolute Gasteiger partial charge is 0.469 e. The molecular weight excluding hydrogens is 274 g/mol. The van der Waals surface area contributed by atoms with Crippen molar-refractivity contribution in [3.05, 3.63) is 29.8 Å². The van der Waals surface area contributed by atoms with Crippen LogP contribution >= 0.6 is 0 Å². The van der Waals surface area contributed by atoms with E-state index in [1.807, 2.05) is 52.0 Å². The third-order valence-electron chi connectivity index (χ3n) is 3.13. The molecule has 20 heavy (non-hydrogen) atoms. The van der Waals surface area contributed by atoms with Gasteiger partial charge in [-0.3, -0.25) is 4.79 Å². The molecule has 0 bridgehead atoms.